The molecule has 0 amide bonds. The van der Waals surface area contributed by atoms with Crippen molar-refractivity contribution in [3.05, 3.63) is 42.0 Å². The molecule has 0 aliphatic rings. The number of benzene rings is 2. The quantitative estimate of drug-likeness (QED) is 0.402. The molecule has 1 heterocycles. The molecule has 0 bridgehead atoms. The number of ether oxygens (including phenoxy) is 4. The number of thioether (sulfide) groups is 1. The van der Waals surface area contributed by atoms with Crippen molar-refractivity contribution < 1.29 is 18.9 Å². The van der Waals surface area contributed by atoms with E-state index in [0.29, 0.717) is 56.5 Å². The summed E-state index contributed by atoms with van der Waals surface area (Å²) < 4.78 is 21.4. The van der Waals surface area contributed by atoms with E-state index in [-0.39, 0.29) is 0 Å². The standard InChI is InChI=1S/C22H22N4O4S/c1-27-14-7-8-16(18(11-14)29-3)24-21-15(12-23)20(25-22(26-21)31-5)13-6-9-17(28-2)19(10-13)30-4/h6-11H,1-5H3,(H,24,25,26). The average molecular weight is 439 g/mol. The summed E-state index contributed by atoms with van der Waals surface area (Å²) in [4.78, 5) is 9.09. The zero-order chi connectivity index (χ0) is 22.4. The number of nitriles is 1. The van der Waals surface area contributed by atoms with Crippen LogP contribution in [0.5, 0.6) is 23.0 Å². The van der Waals surface area contributed by atoms with E-state index in [4.69, 9.17) is 18.9 Å². The maximum Gasteiger partial charge on any atom is 0.189 e. The topological polar surface area (TPSA) is 98.5 Å². The van der Waals surface area contributed by atoms with Crippen molar-refractivity contribution in [3.8, 4) is 40.3 Å². The monoisotopic (exact) mass is 438 g/mol. The maximum atomic E-state index is 9.95. The van der Waals surface area contributed by atoms with Crippen LogP contribution in [0.25, 0.3) is 11.3 Å². The molecule has 0 atom stereocenters. The Morgan fingerprint density at radius 1 is 0.871 bits per heavy atom. The maximum absolute atomic E-state index is 9.95. The summed E-state index contributed by atoms with van der Waals surface area (Å²) >= 11 is 1.38. The van der Waals surface area contributed by atoms with Gasteiger partial charge in [0.25, 0.3) is 0 Å². The van der Waals surface area contributed by atoms with Crippen LogP contribution in [0.4, 0.5) is 11.5 Å². The molecule has 3 rings (SSSR count). The highest BCUT2D eigenvalue weighted by Gasteiger charge is 2.19. The van der Waals surface area contributed by atoms with Crippen LogP contribution >= 0.6 is 11.8 Å². The molecule has 2 aromatic carbocycles. The minimum Gasteiger partial charge on any atom is -0.497 e. The SMILES string of the molecule is COc1ccc(Nc2nc(SC)nc(-c3ccc(OC)c(OC)c3)c2C#N)c(OC)c1. The van der Waals surface area contributed by atoms with Gasteiger partial charge in [-0.05, 0) is 36.6 Å². The third-order valence-electron chi connectivity index (χ3n) is 4.50. The number of rotatable bonds is 8. The van der Waals surface area contributed by atoms with E-state index in [9.17, 15) is 5.26 Å². The van der Waals surface area contributed by atoms with Gasteiger partial charge in [-0.2, -0.15) is 5.26 Å². The van der Waals surface area contributed by atoms with Crippen LogP contribution in [-0.4, -0.2) is 44.7 Å². The fourth-order valence-corrected chi connectivity index (χ4v) is 3.31. The zero-order valence-electron chi connectivity index (χ0n) is 17.8. The second-order valence-electron chi connectivity index (χ2n) is 6.16. The Morgan fingerprint density at radius 3 is 2.23 bits per heavy atom. The van der Waals surface area contributed by atoms with Crippen LogP contribution in [0, 0.1) is 11.3 Å². The van der Waals surface area contributed by atoms with E-state index in [1.54, 1.807) is 58.8 Å². The smallest absolute Gasteiger partial charge is 0.189 e. The summed E-state index contributed by atoms with van der Waals surface area (Å²) in [5.41, 5.74) is 2.13. The van der Waals surface area contributed by atoms with Gasteiger partial charge >= 0.3 is 0 Å². The second kappa shape index (κ2) is 9.91. The molecule has 1 aromatic heterocycles. The van der Waals surface area contributed by atoms with Crippen molar-refractivity contribution in [2.45, 2.75) is 5.16 Å². The lowest BCUT2D eigenvalue weighted by molar-refractivity contribution is 0.355. The van der Waals surface area contributed by atoms with Gasteiger partial charge in [0.15, 0.2) is 22.5 Å². The van der Waals surface area contributed by atoms with E-state index >= 15 is 0 Å². The molecule has 0 fully saturated rings. The molecule has 160 valence electrons. The molecule has 0 aliphatic carbocycles. The first-order chi connectivity index (χ1) is 15.1. The Kier molecular flexibility index (Phi) is 7.05. The highest BCUT2D eigenvalue weighted by molar-refractivity contribution is 7.98. The molecular weight excluding hydrogens is 416 g/mol. The molecule has 8 nitrogen and oxygen atoms in total. The molecule has 9 heteroatoms. The number of nitrogens with zero attached hydrogens (tertiary/aromatic N) is 3. The van der Waals surface area contributed by atoms with Crippen LogP contribution in [0.1, 0.15) is 5.56 Å². The number of hydrogen-bond acceptors (Lipinski definition) is 9. The fraction of sp³-hybridized carbons (Fsp3) is 0.227. The van der Waals surface area contributed by atoms with Gasteiger partial charge in [0.1, 0.15) is 23.1 Å². The van der Waals surface area contributed by atoms with E-state index in [1.807, 2.05) is 12.3 Å². The van der Waals surface area contributed by atoms with Crippen molar-refractivity contribution >= 4 is 23.3 Å². The Bertz CT molecular complexity index is 1130. The van der Waals surface area contributed by atoms with Crippen molar-refractivity contribution in [2.75, 3.05) is 40.0 Å². The molecule has 0 aliphatic heterocycles. The number of anilines is 2. The normalized spacial score (nSPS) is 10.2. The van der Waals surface area contributed by atoms with Gasteiger partial charge in [-0.25, -0.2) is 9.97 Å². The Morgan fingerprint density at radius 2 is 1.61 bits per heavy atom. The first-order valence-electron chi connectivity index (χ1n) is 9.16. The molecular formula is C22H22N4O4S. The average Bonchev–Trinajstić information content (AvgIpc) is 2.83. The van der Waals surface area contributed by atoms with Gasteiger partial charge in [0, 0.05) is 11.6 Å². The lowest BCUT2D eigenvalue weighted by Gasteiger charge is -2.15. The van der Waals surface area contributed by atoms with Gasteiger partial charge < -0.3 is 24.3 Å². The first kappa shape index (κ1) is 22.1. The number of nitrogens with one attached hydrogen (secondary N) is 1. The minimum absolute atomic E-state index is 0.294. The minimum atomic E-state index is 0.294. The third kappa shape index (κ3) is 4.59. The molecule has 0 saturated carbocycles. The summed E-state index contributed by atoms with van der Waals surface area (Å²) in [5, 5.41) is 13.7. The predicted molar refractivity (Wildman–Crippen MR) is 120 cm³/mol. The lowest BCUT2D eigenvalue weighted by Crippen LogP contribution is -2.04. The lowest BCUT2D eigenvalue weighted by atomic mass is 10.1. The summed E-state index contributed by atoms with van der Waals surface area (Å²) in [7, 11) is 6.27. The Balaban J connectivity index is 2.15. The summed E-state index contributed by atoms with van der Waals surface area (Å²) in [6.45, 7) is 0. The van der Waals surface area contributed by atoms with Crippen LogP contribution < -0.4 is 24.3 Å². The van der Waals surface area contributed by atoms with Crippen molar-refractivity contribution in [3.63, 3.8) is 0 Å². The number of aromatic nitrogens is 2. The highest BCUT2D eigenvalue weighted by Crippen LogP contribution is 2.37. The van der Waals surface area contributed by atoms with Gasteiger partial charge in [-0.15, -0.1) is 0 Å². The van der Waals surface area contributed by atoms with Crippen LogP contribution in [0.2, 0.25) is 0 Å². The third-order valence-corrected chi connectivity index (χ3v) is 5.05. The molecule has 0 radical (unpaired) electrons. The van der Waals surface area contributed by atoms with Crippen LogP contribution in [-0.2, 0) is 0 Å². The molecule has 1 N–H and O–H groups in total. The summed E-state index contributed by atoms with van der Waals surface area (Å²) in [6.07, 6.45) is 1.87. The predicted octanol–water partition coefficient (Wildman–Crippen LogP) is 4.52. The molecule has 3 aromatic rings. The number of hydrogen-bond donors (Lipinski definition) is 1. The summed E-state index contributed by atoms with van der Waals surface area (Å²) in [6, 6.07) is 13.0. The van der Waals surface area contributed by atoms with Gasteiger partial charge in [-0.3, -0.25) is 0 Å². The summed E-state index contributed by atoms with van der Waals surface area (Å²) in [5.74, 6) is 2.71. The fourth-order valence-electron chi connectivity index (χ4n) is 2.95. The van der Waals surface area contributed by atoms with Gasteiger partial charge in [0.2, 0.25) is 0 Å². The van der Waals surface area contributed by atoms with Gasteiger partial charge in [0.05, 0.1) is 39.8 Å². The molecule has 0 saturated heterocycles. The Hall–Kier alpha value is -3.64. The van der Waals surface area contributed by atoms with Crippen molar-refractivity contribution in [2.24, 2.45) is 0 Å². The zero-order valence-corrected chi connectivity index (χ0v) is 18.7. The van der Waals surface area contributed by atoms with Crippen molar-refractivity contribution in [1.29, 1.82) is 5.26 Å². The molecule has 0 unspecified atom stereocenters. The van der Waals surface area contributed by atoms with Gasteiger partial charge in [-0.1, -0.05) is 11.8 Å². The largest absolute Gasteiger partial charge is 0.497 e. The van der Waals surface area contributed by atoms with E-state index in [0.717, 1.165) is 0 Å². The highest BCUT2D eigenvalue weighted by atomic mass is 32.2. The van der Waals surface area contributed by atoms with Crippen LogP contribution in [0.15, 0.2) is 41.6 Å². The molecule has 0 spiro atoms. The number of methoxy groups -OCH3 is 4. The second-order valence-corrected chi connectivity index (χ2v) is 6.93. The van der Waals surface area contributed by atoms with Crippen molar-refractivity contribution in [1.82, 2.24) is 9.97 Å². The van der Waals surface area contributed by atoms with E-state index in [2.05, 4.69) is 21.4 Å². The molecule has 31 heavy (non-hydrogen) atoms. The van der Waals surface area contributed by atoms with E-state index in [1.165, 1.54) is 11.8 Å². The first-order valence-corrected chi connectivity index (χ1v) is 10.4. The van der Waals surface area contributed by atoms with Crippen LogP contribution in [0.3, 0.4) is 0 Å². The van der Waals surface area contributed by atoms with E-state index < -0.39 is 0 Å². The Labute approximate surface area is 185 Å².